The van der Waals surface area contributed by atoms with Gasteiger partial charge in [0.05, 0.1) is 31.8 Å². The van der Waals surface area contributed by atoms with Crippen molar-refractivity contribution in [3.63, 3.8) is 0 Å². The fraction of sp³-hybridized carbons (Fsp3) is 0.500. The highest BCUT2D eigenvalue weighted by molar-refractivity contribution is 6.76. The average Bonchev–Trinajstić information content (AvgIpc) is 3.40. The lowest BCUT2D eigenvalue weighted by Crippen LogP contribution is -2.41. The number of aromatic nitrogens is 4. The molecule has 1 aliphatic heterocycles. The number of fused-ring (bicyclic) bond motifs is 1. The van der Waals surface area contributed by atoms with Crippen LogP contribution in [0.3, 0.4) is 0 Å². The molecule has 264 valence electrons. The van der Waals surface area contributed by atoms with Crippen molar-refractivity contribution in [3.8, 4) is 22.8 Å². The minimum absolute atomic E-state index is 0.0727. The van der Waals surface area contributed by atoms with Gasteiger partial charge in [-0.15, -0.1) is 0 Å². The number of hydrogen-bond donors (Lipinski definition) is 0. The van der Waals surface area contributed by atoms with E-state index in [-0.39, 0.29) is 42.2 Å². The van der Waals surface area contributed by atoms with Crippen LogP contribution in [0.15, 0.2) is 36.9 Å². The predicted molar refractivity (Wildman–Crippen MR) is 187 cm³/mol. The molecule has 0 radical (unpaired) electrons. The van der Waals surface area contributed by atoms with E-state index in [0.717, 1.165) is 30.1 Å². The third kappa shape index (κ3) is 8.74. The number of ether oxygens (including phenoxy) is 4. The zero-order valence-electron chi connectivity index (χ0n) is 29.7. The highest BCUT2D eigenvalue weighted by Gasteiger charge is 2.29. The summed E-state index contributed by atoms with van der Waals surface area (Å²) >= 11 is 0. The molecule has 5 rings (SSSR count). The summed E-state index contributed by atoms with van der Waals surface area (Å²) in [7, 11) is 1.37. The van der Waals surface area contributed by atoms with Crippen molar-refractivity contribution >= 4 is 25.2 Å². The van der Waals surface area contributed by atoms with Crippen LogP contribution in [-0.4, -0.2) is 78.1 Å². The molecule has 49 heavy (non-hydrogen) atoms. The lowest BCUT2D eigenvalue weighted by Gasteiger charge is -2.33. The number of pyridine rings is 1. The molecule has 1 amide bonds. The Morgan fingerprint density at radius 2 is 1.67 bits per heavy atom. The Morgan fingerprint density at radius 3 is 2.29 bits per heavy atom. The summed E-state index contributed by atoms with van der Waals surface area (Å²) in [5, 5.41) is 0.713. The highest BCUT2D eigenvalue weighted by Crippen LogP contribution is 2.35. The first-order valence-corrected chi connectivity index (χ1v) is 20.3. The molecule has 0 unspecified atom stereocenters. The van der Waals surface area contributed by atoms with Crippen LogP contribution in [0.5, 0.6) is 11.5 Å². The summed E-state index contributed by atoms with van der Waals surface area (Å²) in [6.45, 7) is 14.4. The monoisotopic (exact) mass is 695 g/mol. The van der Waals surface area contributed by atoms with E-state index in [1.165, 1.54) is 20.3 Å². The van der Waals surface area contributed by atoms with Crippen LogP contribution in [0.4, 0.5) is 13.6 Å². The lowest BCUT2D eigenvalue weighted by molar-refractivity contribution is 0.0204. The predicted octanol–water partition coefficient (Wildman–Crippen LogP) is 7.81. The number of amides is 1. The summed E-state index contributed by atoms with van der Waals surface area (Å²) in [6, 6.07) is 4.14. The van der Waals surface area contributed by atoms with Gasteiger partial charge in [0, 0.05) is 81.3 Å². The Bertz CT molecular complexity index is 1770. The largest absolute Gasteiger partial charge is 0.494 e. The number of likely N-dealkylation sites (tertiary alicyclic amines) is 1. The molecule has 3 aromatic heterocycles. The van der Waals surface area contributed by atoms with Crippen LogP contribution in [0.2, 0.25) is 25.7 Å². The number of rotatable bonds is 11. The van der Waals surface area contributed by atoms with Crippen molar-refractivity contribution in [1.82, 2.24) is 24.4 Å². The van der Waals surface area contributed by atoms with E-state index in [2.05, 4.69) is 24.6 Å². The van der Waals surface area contributed by atoms with Crippen molar-refractivity contribution in [1.29, 1.82) is 0 Å². The third-order valence-corrected chi connectivity index (χ3v) is 10.3. The zero-order valence-corrected chi connectivity index (χ0v) is 30.7. The first-order valence-electron chi connectivity index (χ1n) is 16.6. The Morgan fingerprint density at radius 1 is 1.00 bits per heavy atom. The van der Waals surface area contributed by atoms with Gasteiger partial charge in [-0.2, -0.15) is 0 Å². The van der Waals surface area contributed by atoms with Gasteiger partial charge in [0.15, 0.2) is 23.1 Å². The van der Waals surface area contributed by atoms with E-state index in [9.17, 15) is 4.79 Å². The summed E-state index contributed by atoms with van der Waals surface area (Å²) in [4.78, 5) is 28.6. The van der Waals surface area contributed by atoms with Gasteiger partial charge in [-0.05, 0) is 51.3 Å². The van der Waals surface area contributed by atoms with Crippen LogP contribution in [0.1, 0.15) is 56.4 Å². The molecule has 13 heteroatoms. The molecule has 0 spiro atoms. The van der Waals surface area contributed by atoms with Gasteiger partial charge in [0.25, 0.3) is 0 Å². The SMILES string of the molecule is COc1cc(OC)c(F)c(Cc2cn(COCC[Si](C)(C)C)c3ncc(-c4cncc(C5CCN(C(=O)OC(C)(C)C)CC5)n4)cc23)c1F. The molecule has 1 aliphatic rings. The zero-order chi connectivity index (χ0) is 35.5. The molecule has 1 saturated heterocycles. The summed E-state index contributed by atoms with van der Waals surface area (Å²) in [6.07, 6.45) is 8.12. The molecule has 0 aliphatic carbocycles. The maximum absolute atomic E-state index is 15.5. The Kier molecular flexibility index (Phi) is 10.9. The van der Waals surface area contributed by atoms with Crippen molar-refractivity contribution in [2.24, 2.45) is 0 Å². The molecule has 4 heterocycles. The quantitative estimate of drug-likeness (QED) is 0.116. The summed E-state index contributed by atoms with van der Waals surface area (Å²) in [5.41, 5.74) is 2.75. The van der Waals surface area contributed by atoms with E-state index >= 15 is 8.78 Å². The maximum atomic E-state index is 15.5. The van der Waals surface area contributed by atoms with Gasteiger partial charge >= 0.3 is 6.09 Å². The molecule has 0 N–H and O–H groups in total. The number of piperidine rings is 1. The Balaban J connectivity index is 1.45. The number of halogens is 2. The van der Waals surface area contributed by atoms with Crippen LogP contribution < -0.4 is 9.47 Å². The van der Waals surface area contributed by atoms with Crippen molar-refractivity contribution in [2.45, 2.75) is 84.0 Å². The lowest BCUT2D eigenvalue weighted by atomic mass is 9.94. The minimum Gasteiger partial charge on any atom is -0.494 e. The van der Waals surface area contributed by atoms with Gasteiger partial charge in [-0.3, -0.25) is 4.98 Å². The Hall–Kier alpha value is -4.10. The van der Waals surface area contributed by atoms with Gasteiger partial charge in [-0.1, -0.05) is 19.6 Å². The second kappa shape index (κ2) is 14.8. The van der Waals surface area contributed by atoms with Gasteiger partial charge in [0.1, 0.15) is 18.0 Å². The van der Waals surface area contributed by atoms with Crippen LogP contribution >= 0.6 is 0 Å². The molecular formula is C36H47F2N5O5Si. The van der Waals surface area contributed by atoms with Crippen molar-refractivity contribution in [3.05, 3.63) is 65.4 Å². The van der Waals surface area contributed by atoms with Crippen molar-refractivity contribution in [2.75, 3.05) is 33.9 Å². The fourth-order valence-electron chi connectivity index (χ4n) is 5.85. The highest BCUT2D eigenvalue weighted by atomic mass is 28.3. The number of carbonyl (C=O) groups excluding carboxylic acids is 1. The number of methoxy groups -OCH3 is 2. The van der Waals surface area contributed by atoms with E-state index < -0.39 is 25.3 Å². The van der Waals surface area contributed by atoms with Gasteiger partial charge in [0.2, 0.25) is 0 Å². The molecule has 0 saturated carbocycles. The number of hydrogen-bond acceptors (Lipinski definition) is 8. The second-order valence-electron chi connectivity index (χ2n) is 14.7. The van der Waals surface area contributed by atoms with E-state index in [1.54, 1.807) is 23.5 Å². The first kappa shape index (κ1) is 36.2. The molecule has 10 nitrogen and oxygen atoms in total. The molecule has 4 aromatic rings. The van der Waals surface area contributed by atoms with Gasteiger partial charge in [-0.25, -0.2) is 23.5 Å². The van der Waals surface area contributed by atoms with Crippen LogP contribution in [-0.2, 0) is 22.6 Å². The van der Waals surface area contributed by atoms with Crippen LogP contribution in [0.25, 0.3) is 22.3 Å². The standard InChI is InChI=1S/C36H47F2N5O5Si/c1-36(2,3)48-35(44)42-11-9-23(10-12-42)28-19-39-20-29(41-28)24-15-26-25(16-27-32(37)30(45-4)17-31(46-5)33(27)38)21-43(34(26)40-18-24)22-47-13-14-49(6,7)8/h15,17-21,23H,9-14,16,22H2,1-8H3. The first-order chi connectivity index (χ1) is 23.2. The average molecular weight is 696 g/mol. The topological polar surface area (TPSA) is 101 Å². The normalized spacial score (nSPS) is 14.4. The third-order valence-electron chi connectivity index (χ3n) is 8.57. The van der Waals surface area contributed by atoms with E-state index in [4.69, 9.17) is 28.9 Å². The molecule has 1 aromatic carbocycles. The molecular weight excluding hydrogens is 649 g/mol. The number of nitrogens with zero attached hydrogens (tertiary/aromatic N) is 5. The second-order valence-corrected chi connectivity index (χ2v) is 20.3. The van der Waals surface area contributed by atoms with Crippen molar-refractivity contribution < 1.29 is 32.5 Å². The van der Waals surface area contributed by atoms with E-state index in [1.807, 2.05) is 37.6 Å². The summed E-state index contributed by atoms with van der Waals surface area (Å²) < 4.78 is 54.8. The van der Waals surface area contributed by atoms with Gasteiger partial charge < -0.3 is 28.4 Å². The smallest absolute Gasteiger partial charge is 0.410 e. The summed E-state index contributed by atoms with van der Waals surface area (Å²) in [5.74, 6) is -1.65. The molecule has 1 fully saturated rings. The Labute approximate surface area is 287 Å². The molecule has 0 atom stereocenters. The molecule has 0 bridgehead atoms. The van der Waals surface area contributed by atoms with Crippen LogP contribution in [0, 0.1) is 11.6 Å². The fourth-order valence-corrected chi connectivity index (χ4v) is 6.60. The maximum Gasteiger partial charge on any atom is 0.410 e. The number of benzene rings is 1. The minimum atomic E-state index is -1.30. The van der Waals surface area contributed by atoms with E-state index in [0.29, 0.717) is 42.0 Å². The number of carbonyl (C=O) groups is 1.